The van der Waals surface area contributed by atoms with Gasteiger partial charge in [-0.05, 0) is 87.5 Å². The lowest BCUT2D eigenvalue weighted by atomic mass is 9.43. The number of carbonyl (C=O) groups is 2. The van der Waals surface area contributed by atoms with Crippen LogP contribution in [0.4, 0.5) is 0 Å². The molecule has 2 heterocycles. The van der Waals surface area contributed by atoms with Crippen LogP contribution in [0.5, 0.6) is 0 Å². The summed E-state index contributed by atoms with van der Waals surface area (Å²) in [6, 6.07) is 0. The lowest BCUT2D eigenvalue weighted by Gasteiger charge is -2.60. The van der Waals surface area contributed by atoms with Crippen molar-refractivity contribution in [2.45, 2.75) is 96.7 Å². The molecule has 6 heteroatoms. The molecular weight excluding hydrogens is 432 g/mol. The molecule has 0 aromatic rings. The van der Waals surface area contributed by atoms with Crippen molar-refractivity contribution in [2.24, 2.45) is 40.4 Å². The van der Waals surface area contributed by atoms with Gasteiger partial charge in [0.15, 0.2) is 5.78 Å². The van der Waals surface area contributed by atoms with E-state index in [9.17, 15) is 19.8 Å². The van der Waals surface area contributed by atoms with E-state index in [4.69, 9.17) is 9.47 Å². The molecule has 12 atom stereocenters. The lowest BCUT2D eigenvalue weighted by Crippen LogP contribution is -2.67. The fraction of sp³-hybridized carbons (Fsp3) is 0.786. The van der Waals surface area contributed by atoms with Crippen molar-refractivity contribution in [3.05, 3.63) is 23.3 Å². The van der Waals surface area contributed by atoms with Crippen molar-refractivity contribution < 1.29 is 29.3 Å². The highest BCUT2D eigenvalue weighted by Crippen LogP contribution is 2.71. The Bertz CT molecular complexity index is 1010. The van der Waals surface area contributed by atoms with Gasteiger partial charge in [-0.15, -0.1) is 0 Å². The Labute approximate surface area is 201 Å². The predicted octanol–water partition coefficient (Wildman–Crippen LogP) is 3.35. The molecule has 6 aliphatic rings. The molecule has 0 aromatic heterocycles. The number of ketones is 1. The van der Waals surface area contributed by atoms with Crippen molar-refractivity contribution in [2.75, 3.05) is 0 Å². The van der Waals surface area contributed by atoms with Gasteiger partial charge in [0.05, 0.1) is 17.6 Å². The first kappa shape index (κ1) is 22.9. The summed E-state index contributed by atoms with van der Waals surface area (Å²) in [5.74, 6) is 0.212. The second kappa shape index (κ2) is 7.04. The molecule has 0 amide bonds. The second-order valence-corrected chi connectivity index (χ2v) is 12.7. The van der Waals surface area contributed by atoms with Gasteiger partial charge in [-0.25, -0.2) is 4.79 Å². The van der Waals surface area contributed by atoms with Crippen molar-refractivity contribution in [1.82, 2.24) is 0 Å². The summed E-state index contributed by atoms with van der Waals surface area (Å²) in [7, 11) is 0. The molecule has 4 fully saturated rings. The molecule has 0 radical (unpaired) electrons. The fourth-order valence-electron chi connectivity index (χ4n) is 9.41. The number of aliphatic hydroxyl groups is 2. The number of ether oxygens (including phenoxy) is 2. The summed E-state index contributed by atoms with van der Waals surface area (Å²) < 4.78 is 12.0. The van der Waals surface area contributed by atoms with Crippen molar-refractivity contribution in [1.29, 1.82) is 0 Å². The molecule has 6 nitrogen and oxygen atoms in total. The number of carbonyl (C=O) groups excluding carboxylic acids is 2. The molecule has 4 aliphatic carbocycles. The number of aliphatic hydroxyl groups excluding tert-OH is 1. The molecule has 34 heavy (non-hydrogen) atoms. The second-order valence-electron chi connectivity index (χ2n) is 12.7. The number of epoxide rings is 1. The van der Waals surface area contributed by atoms with Crippen molar-refractivity contribution >= 4 is 11.8 Å². The van der Waals surface area contributed by atoms with E-state index >= 15 is 0 Å². The predicted molar refractivity (Wildman–Crippen MR) is 124 cm³/mol. The molecule has 186 valence electrons. The van der Waals surface area contributed by atoms with Crippen LogP contribution in [0.15, 0.2) is 23.3 Å². The van der Waals surface area contributed by atoms with Gasteiger partial charge in [-0.3, -0.25) is 4.79 Å². The Morgan fingerprint density at radius 3 is 2.62 bits per heavy atom. The van der Waals surface area contributed by atoms with Crippen LogP contribution >= 0.6 is 0 Å². The molecule has 6 rings (SSSR count). The van der Waals surface area contributed by atoms with Crippen molar-refractivity contribution in [3.63, 3.8) is 0 Å². The first-order chi connectivity index (χ1) is 15.9. The van der Waals surface area contributed by atoms with Gasteiger partial charge < -0.3 is 19.7 Å². The maximum atomic E-state index is 13.3. The number of fused-ring (bicyclic) bond motifs is 8. The SMILES string of the molecule is CC1=C(C)C(=O)OC(C(C)C2C(O)CC3C4C5OC5C5(O)CC=CC(=O)C5(C)C4CCC32C)C1. The first-order valence-corrected chi connectivity index (χ1v) is 13.1. The third-order valence-corrected chi connectivity index (χ3v) is 11.5. The zero-order valence-electron chi connectivity index (χ0n) is 20.9. The number of esters is 1. The minimum Gasteiger partial charge on any atom is -0.458 e. The molecule has 3 saturated carbocycles. The summed E-state index contributed by atoms with van der Waals surface area (Å²) >= 11 is 0. The van der Waals surface area contributed by atoms with E-state index in [0.717, 1.165) is 18.4 Å². The summed E-state index contributed by atoms with van der Waals surface area (Å²) in [4.78, 5) is 25.7. The smallest absolute Gasteiger partial charge is 0.333 e. The lowest BCUT2D eigenvalue weighted by molar-refractivity contribution is -0.183. The highest BCUT2D eigenvalue weighted by Gasteiger charge is 2.78. The molecule has 2 aliphatic heterocycles. The van der Waals surface area contributed by atoms with Gasteiger partial charge in [0, 0.05) is 12.0 Å². The van der Waals surface area contributed by atoms with E-state index in [0.29, 0.717) is 24.8 Å². The summed E-state index contributed by atoms with van der Waals surface area (Å²) in [5.41, 5.74) is -0.347. The highest BCUT2D eigenvalue weighted by molar-refractivity contribution is 5.97. The average Bonchev–Trinajstić information content (AvgIpc) is 3.53. The topological polar surface area (TPSA) is 96.4 Å². The maximum absolute atomic E-state index is 13.3. The summed E-state index contributed by atoms with van der Waals surface area (Å²) in [6.45, 7) is 10.2. The number of rotatable bonds is 2. The third kappa shape index (κ3) is 2.63. The Morgan fingerprint density at radius 2 is 1.91 bits per heavy atom. The largest absolute Gasteiger partial charge is 0.458 e. The minimum atomic E-state index is -1.14. The highest BCUT2D eigenvalue weighted by atomic mass is 16.6. The van der Waals surface area contributed by atoms with Crippen LogP contribution in [-0.2, 0) is 19.1 Å². The van der Waals surface area contributed by atoms with Gasteiger partial charge in [0.2, 0.25) is 0 Å². The zero-order valence-corrected chi connectivity index (χ0v) is 20.9. The summed E-state index contributed by atoms with van der Waals surface area (Å²) in [6.07, 6.45) is 5.97. The van der Waals surface area contributed by atoms with Gasteiger partial charge in [0.1, 0.15) is 17.8 Å². The Hall–Kier alpha value is -1.50. The molecule has 0 bridgehead atoms. The zero-order chi connectivity index (χ0) is 24.4. The van der Waals surface area contributed by atoms with E-state index in [2.05, 4.69) is 13.8 Å². The Morgan fingerprint density at radius 1 is 1.18 bits per heavy atom. The quantitative estimate of drug-likeness (QED) is 0.475. The number of allylic oxidation sites excluding steroid dienone is 1. The third-order valence-electron chi connectivity index (χ3n) is 11.5. The number of hydrogen-bond donors (Lipinski definition) is 2. The molecular formula is C28H38O6. The van der Waals surface area contributed by atoms with Gasteiger partial charge in [-0.2, -0.15) is 0 Å². The molecule has 2 N–H and O–H groups in total. The van der Waals surface area contributed by atoms with E-state index in [1.165, 1.54) is 0 Å². The van der Waals surface area contributed by atoms with Gasteiger partial charge in [-0.1, -0.05) is 25.5 Å². The monoisotopic (exact) mass is 470 g/mol. The standard InChI is InChI=1S/C28H38O6/c1-13-11-19(33-25(31)14(13)2)15(3)22-18(29)12-17-21-16(8-10-26(17,22)4)27(5)20(30)7-6-9-28(27,32)24-23(21)34-24/h6-7,15-19,21-24,29,32H,8-12H2,1-5H3. The number of hydrogen-bond acceptors (Lipinski definition) is 6. The van der Waals surface area contributed by atoms with Crippen LogP contribution in [0.1, 0.15) is 66.7 Å². The molecule has 12 unspecified atom stereocenters. The maximum Gasteiger partial charge on any atom is 0.333 e. The molecule has 1 saturated heterocycles. The number of cyclic esters (lactones) is 1. The molecule has 0 aromatic carbocycles. The van der Waals surface area contributed by atoms with E-state index in [1.807, 2.05) is 20.8 Å². The minimum absolute atomic E-state index is 0.00947. The van der Waals surface area contributed by atoms with Gasteiger partial charge in [0.25, 0.3) is 0 Å². The summed E-state index contributed by atoms with van der Waals surface area (Å²) in [5, 5.41) is 23.1. The van der Waals surface area contributed by atoms with Crippen LogP contribution in [0.25, 0.3) is 0 Å². The van der Waals surface area contributed by atoms with Crippen LogP contribution in [-0.4, -0.2) is 52.0 Å². The normalized spacial score (nSPS) is 54.6. The Balaban J connectivity index is 1.33. The van der Waals surface area contributed by atoms with Crippen LogP contribution in [0.3, 0.4) is 0 Å². The van der Waals surface area contributed by atoms with Crippen LogP contribution in [0.2, 0.25) is 0 Å². The van der Waals surface area contributed by atoms with E-state index < -0.39 is 17.1 Å². The van der Waals surface area contributed by atoms with Gasteiger partial charge >= 0.3 is 5.97 Å². The Kier molecular flexibility index (Phi) is 4.75. The van der Waals surface area contributed by atoms with Crippen LogP contribution in [0, 0.1) is 40.4 Å². The van der Waals surface area contributed by atoms with E-state index in [1.54, 1.807) is 12.2 Å². The first-order valence-electron chi connectivity index (χ1n) is 13.1. The average molecular weight is 471 g/mol. The van der Waals surface area contributed by atoms with Crippen molar-refractivity contribution in [3.8, 4) is 0 Å². The fourth-order valence-corrected chi connectivity index (χ4v) is 9.41. The van der Waals surface area contributed by atoms with E-state index in [-0.39, 0.29) is 65.1 Å². The van der Waals surface area contributed by atoms with Crippen LogP contribution < -0.4 is 0 Å². The molecule has 0 spiro atoms.